The summed E-state index contributed by atoms with van der Waals surface area (Å²) in [6.07, 6.45) is 0.549. The Hall–Kier alpha value is -1.42. The quantitative estimate of drug-likeness (QED) is 0.901. The summed E-state index contributed by atoms with van der Waals surface area (Å²) in [6, 6.07) is 14.5. The van der Waals surface area contributed by atoms with Gasteiger partial charge in [-0.05, 0) is 16.3 Å². The van der Waals surface area contributed by atoms with Crippen LogP contribution in [0.15, 0.2) is 42.5 Å². The molecule has 0 bridgehead atoms. The molecule has 3 nitrogen and oxygen atoms in total. The lowest BCUT2D eigenvalue weighted by Gasteiger charge is -2.17. The van der Waals surface area contributed by atoms with Crippen LogP contribution in [-0.4, -0.2) is 19.5 Å². The molecule has 0 aromatic heterocycles. The van der Waals surface area contributed by atoms with Crippen LogP contribution < -0.4 is 5.73 Å². The van der Waals surface area contributed by atoms with Crippen LogP contribution in [0.1, 0.15) is 18.0 Å². The van der Waals surface area contributed by atoms with E-state index in [2.05, 4.69) is 24.3 Å². The van der Waals surface area contributed by atoms with Gasteiger partial charge in [0.2, 0.25) is 0 Å². The second-order valence-corrected chi connectivity index (χ2v) is 4.58. The van der Waals surface area contributed by atoms with Crippen LogP contribution in [0.3, 0.4) is 0 Å². The van der Waals surface area contributed by atoms with E-state index in [1.165, 1.54) is 10.8 Å². The van der Waals surface area contributed by atoms with Crippen molar-refractivity contribution in [1.82, 2.24) is 0 Å². The lowest BCUT2D eigenvalue weighted by Crippen LogP contribution is -2.19. The number of benzene rings is 2. The minimum Gasteiger partial charge on any atom is -0.350 e. The summed E-state index contributed by atoms with van der Waals surface area (Å²) in [5.74, 6) is 0. The predicted octanol–water partition coefficient (Wildman–Crippen LogP) is 2.60. The van der Waals surface area contributed by atoms with E-state index in [9.17, 15) is 0 Å². The molecule has 2 N–H and O–H groups in total. The number of ether oxygens (including phenoxy) is 2. The van der Waals surface area contributed by atoms with Crippen molar-refractivity contribution in [3.8, 4) is 0 Å². The van der Waals surface area contributed by atoms with Gasteiger partial charge in [-0.1, -0.05) is 42.5 Å². The first-order valence-electron chi connectivity index (χ1n) is 6.31. The largest absolute Gasteiger partial charge is 0.350 e. The van der Waals surface area contributed by atoms with E-state index in [1.54, 1.807) is 0 Å². The van der Waals surface area contributed by atoms with Gasteiger partial charge in [0.25, 0.3) is 0 Å². The van der Waals surface area contributed by atoms with Crippen LogP contribution in [0.25, 0.3) is 10.8 Å². The van der Waals surface area contributed by atoms with Crippen molar-refractivity contribution in [2.75, 3.05) is 13.2 Å². The molecular weight excluding hydrogens is 226 g/mol. The maximum absolute atomic E-state index is 6.28. The molecule has 1 saturated heterocycles. The van der Waals surface area contributed by atoms with Gasteiger partial charge in [-0.15, -0.1) is 0 Å². The molecular formula is C15H17NO2. The van der Waals surface area contributed by atoms with E-state index in [1.807, 2.05) is 18.2 Å². The number of hydrogen-bond acceptors (Lipinski definition) is 3. The molecule has 94 valence electrons. The molecule has 1 fully saturated rings. The molecule has 1 unspecified atom stereocenters. The topological polar surface area (TPSA) is 44.5 Å². The van der Waals surface area contributed by atoms with E-state index < -0.39 is 0 Å². The Balaban J connectivity index is 1.88. The van der Waals surface area contributed by atoms with Crippen LogP contribution in [0, 0.1) is 0 Å². The van der Waals surface area contributed by atoms with Crippen molar-refractivity contribution < 1.29 is 9.47 Å². The van der Waals surface area contributed by atoms with E-state index in [-0.39, 0.29) is 12.3 Å². The van der Waals surface area contributed by atoms with E-state index in [0.29, 0.717) is 19.6 Å². The molecule has 2 aromatic carbocycles. The molecule has 1 aliphatic heterocycles. The third-order valence-electron chi connectivity index (χ3n) is 3.36. The van der Waals surface area contributed by atoms with Crippen LogP contribution in [0.4, 0.5) is 0 Å². The van der Waals surface area contributed by atoms with Crippen molar-refractivity contribution in [1.29, 1.82) is 0 Å². The highest BCUT2D eigenvalue weighted by molar-refractivity contribution is 5.86. The Morgan fingerprint density at radius 3 is 2.61 bits per heavy atom. The highest BCUT2D eigenvalue weighted by Gasteiger charge is 2.21. The Labute approximate surface area is 106 Å². The highest BCUT2D eigenvalue weighted by atomic mass is 16.7. The summed E-state index contributed by atoms with van der Waals surface area (Å²) in [7, 11) is 0. The SMILES string of the molecule is NC(CC1OCCO1)c1cccc2ccccc12. The van der Waals surface area contributed by atoms with Crippen LogP contribution in [0.5, 0.6) is 0 Å². The van der Waals surface area contributed by atoms with Crippen LogP contribution in [-0.2, 0) is 9.47 Å². The molecule has 0 radical (unpaired) electrons. The fourth-order valence-corrected chi connectivity index (χ4v) is 2.45. The number of nitrogens with two attached hydrogens (primary N) is 1. The maximum atomic E-state index is 6.28. The van der Waals surface area contributed by atoms with Gasteiger partial charge in [0.05, 0.1) is 13.2 Å². The van der Waals surface area contributed by atoms with Gasteiger partial charge in [0.15, 0.2) is 6.29 Å². The van der Waals surface area contributed by atoms with Gasteiger partial charge in [-0.2, -0.15) is 0 Å². The molecule has 18 heavy (non-hydrogen) atoms. The van der Waals surface area contributed by atoms with Crippen LogP contribution >= 0.6 is 0 Å². The molecule has 0 spiro atoms. The fourth-order valence-electron chi connectivity index (χ4n) is 2.45. The molecule has 3 rings (SSSR count). The van der Waals surface area contributed by atoms with Gasteiger partial charge >= 0.3 is 0 Å². The van der Waals surface area contributed by atoms with E-state index in [0.717, 1.165) is 5.56 Å². The Kier molecular flexibility index (Phi) is 3.28. The Morgan fingerprint density at radius 1 is 1.06 bits per heavy atom. The maximum Gasteiger partial charge on any atom is 0.159 e. The average Bonchev–Trinajstić information content (AvgIpc) is 2.91. The second-order valence-electron chi connectivity index (χ2n) is 4.58. The first-order valence-corrected chi connectivity index (χ1v) is 6.31. The van der Waals surface area contributed by atoms with Crippen LogP contribution in [0.2, 0.25) is 0 Å². The van der Waals surface area contributed by atoms with Crippen molar-refractivity contribution in [3.63, 3.8) is 0 Å². The van der Waals surface area contributed by atoms with E-state index in [4.69, 9.17) is 15.2 Å². The molecule has 1 heterocycles. The minimum absolute atomic E-state index is 0.0563. The average molecular weight is 243 g/mol. The molecule has 1 aliphatic rings. The monoisotopic (exact) mass is 243 g/mol. The zero-order chi connectivity index (χ0) is 12.4. The smallest absolute Gasteiger partial charge is 0.159 e. The fraction of sp³-hybridized carbons (Fsp3) is 0.333. The Morgan fingerprint density at radius 2 is 1.78 bits per heavy atom. The van der Waals surface area contributed by atoms with Crippen molar-refractivity contribution in [2.24, 2.45) is 5.73 Å². The number of fused-ring (bicyclic) bond motifs is 1. The number of hydrogen-bond donors (Lipinski definition) is 1. The van der Waals surface area contributed by atoms with Gasteiger partial charge in [0, 0.05) is 12.5 Å². The van der Waals surface area contributed by atoms with Gasteiger partial charge in [-0.3, -0.25) is 0 Å². The molecule has 1 atom stereocenters. The first-order chi connectivity index (χ1) is 8.84. The summed E-state index contributed by atoms with van der Waals surface area (Å²) < 4.78 is 10.9. The lowest BCUT2D eigenvalue weighted by molar-refractivity contribution is -0.0506. The normalized spacial score (nSPS) is 18.3. The molecule has 0 saturated carbocycles. The minimum atomic E-state index is -0.154. The van der Waals surface area contributed by atoms with Gasteiger partial charge in [-0.25, -0.2) is 0 Å². The summed E-state index contributed by atoms with van der Waals surface area (Å²) in [4.78, 5) is 0. The zero-order valence-corrected chi connectivity index (χ0v) is 10.2. The summed E-state index contributed by atoms with van der Waals surface area (Å²) in [6.45, 7) is 1.35. The first kappa shape index (κ1) is 11.7. The standard InChI is InChI=1S/C15H17NO2/c16-14(10-15-17-8-9-18-15)13-7-3-5-11-4-1-2-6-12(11)13/h1-7,14-15H,8-10,16H2. The van der Waals surface area contributed by atoms with Gasteiger partial charge < -0.3 is 15.2 Å². The van der Waals surface area contributed by atoms with Crippen molar-refractivity contribution in [3.05, 3.63) is 48.0 Å². The zero-order valence-electron chi connectivity index (χ0n) is 10.2. The van der Waals surface area contributed by atoms with E-state index >= 15 is 0 Å². The third-order valence-corrected chi connectivity index (χ3v) is 3.36. The summed E-state index contributed by atoms with van der Waals surface area (Å²) in [5, 5.41) is 2.43. The summed E-state index contributed by atoms with van der Waals surface area (Å²) in [5.41, 5.74) is 7.44. The molecule has 0 aliphatic carbocycles. The van der Waals surface area contributed by atoms with Gasteiger partial charge in [0.1, 0.15) is 0 Å². The third kappa shape index (κ3) is 2.25. The molecule has 0 amide bonds. The Bertz CT molecular complexity index is 530. The van der Waals surface area contributed by atoms with Crippen molar-refractivity contribution in [2.45, 2.75) is 18.8 Å². The summed E-state index contributed by atoms with van der Waals surface area (Å²) >= 11 is 0. The lowest BCUT2D eigenvalue weighted by atomic mass is 9.97. The molecule has 3 heteroatoms. The van der Waals surface area contributed by atoms with Crippen molar-refractivity contribution >= 4 is 10.8 Å². The highest BCUT2D eigenvalue weighted by Crippen LogP contribution is 2.27. The number of rotatable bonds is 3. The predicted molar refractivity (Wildman–Crippen MR) is 71.2 cm³/mol. The second kappa shape index (κ2) is 5.06. The molecule has 2 aromatic rings.